The summed E-state index contributed by atoms with van der Waals surface area (Å²) in [6, 6.07) is 6.73. The minimum Gasteiger partial charge on any atom is -0.485 e. The highest BCUT2D eigenvalue weighted by molar-refractivity contribution is 5.56. The van der Waals surface area contributed by atoms with E-state index in [4.69, 9.17) is 9.47 Å². The van der Waals surface area contributed by atoms with Gasteiger partial charge in [-0.05, 0) is 18.7 Å². The number of benzene rings is 1. The fraction of sp³-hybridized carbons (Fsp3) is 0.625. The molecule has 0 aliphatic carbocycles. The molecule has 0 aromatic heterocycles. The highest BCUT2D eigenvalue weighted by atomic mass is 16.5. The minimum absolute atomic E-state index is 0.0424. The smallest absolute Gasteiger partial charge is 0.127 e. The molecule has 20 heavy (non-hydrogen) atoms. The van der Waals surface area contributed by atoms with Crippen molar-refractivity contribution in [3.63, 3.8) is 0 Å². The Morgan fingerprint density at radius 2 is 2.00 bits per heavy atom. The van der Waals surface area contributed by atoms with Crippen molar-refractivity contribution in [2.75, 3.05) is 51.3 Å². The van der Waals surface area contributed by atoms with E-state index in [0.717, 1.165) is 58.0 Å². The van der Waals surface area contributed by atoms with E-state index in [9.17, 15) is 0 Å². The summed E-state index contributed by atoms with van der Waals surface area (Å²) in [5.74, 6) is 1.10. The molecule has 1 spiro atoms. The van der Waals surface area contributed by atoms with Crippen LogP contribution in [-0.4, -0.2) is 56.9 Å². The van der Waals surface area contributed by atoms with E-state index < -0.39 is 0 Å². The lowest BCUT2D eigenvalue weighted by molar-refractivity contribution is 0.106. The molecule has 3 heterocycles. The van der Waals surface area contributed by atoms with Crippen molar-refractivity contribution in [1.29, 1.82) is 0 Å². The summed E-state index contributed by atoms with van der Waals surface area (Å²) >= 11 is 0. The zero-order chi connectivity index (χ0) is 13.6. The van der Waals surface area contributed by atoms with Crippen LogP contribution in [0.1, 0.15) is 12.0 Å². The predicted octanol–water partition coefficient (Wildman–Crippen LogP) is 1.53. The van der Waals surface area contributed by atoms with Crippen molar-refractivity contribution in [2.45, 2.75) is 18.4 Å². The second-order valence-corrected chi connectivity index (χ2v) is 6.34. The summed E-state index contributed by atoms with van der Waals surface area (Å²) in [6.07, 6.45) is 2.21. The number of anilines is 1. The Bertz CT molecular complexity index is 513. The lowest BCUT2D eigenvalue weighted by Crippen LogP contribution is -2.37. The van der Waals surface area contributed by atoms with Crippen LogP contribution < -0.4 is 9.64 Å². The predicted molar refractivity (Wildman–Crippen MR) is 78.7 cm³/mol. The van der Waals surface area contributed by atoms with Crippen LogP contribution in [0.2, 0.25) is 0 Å². The van der Waals surface area contributed by atoms with Gasteiger partial charge < -0.3 is 19.3 Å². The fourth-order valence-corrected chi connectivity index (χ4v) is 3.69. The first kappa shape index (κ1) is 12.5. The van der Waals surface area contributed by atoms with Crippen molar-refractivity contribution >= 4 is 5.69 Å². The van der Waals surface area contributed by atoms with E-state index in [-0.39, 0.29) is 5.60 Å². The molecular weight excluding hydrogens is 252 g/mol. The maximum Gasteiger partial charge on any atom is 0.127 e. The van der Waals surface area contributed by atoms with Gasteiger partial charge >= 0.3 is 0 Å². The summed E-state index contributed by atoms with van der Waals surface area (Å²) in [7, 11) is 2.18. The number of fused-ring (bicyclic) bond motifs is 1. The fourth-order valence-electron chi connectivity index (χ4n) is 3.69. The molecule has 0 radical (unpaired) electrons. The normalized spacial score (nSPS) is 29.8. The number of ether oxygens (including phenoxy) is 2. The molecule has 4 heteroatoms. The number of rotatable bonds is 1. The Morgan fingerprint density at radius 3 is 2.75 bits per heavy atom. The number of hydrogen-bond acceptors (Lipinski definition) is 4. The number of hydrogen-bond donors (Lipinski definition) is 0. The zero-order valence-corrected chi connectivity index (χ0v) is 12.1. The van der Waals surface area contributed by atoms with Gasteiger partial charge in [-0.2, -0.15) is 0 Å². The minimum atomic E-state index is 0.0424. The molecule has 1 aromatic rings. The van der Waals surface area contributed by atoms with Gasteiger partial charge in [0.25, 0.3) is 0 Å². The third-order valence-corrected chi connectivity index (χ3v) is 4.77. The Labute approximate surface area is 120 Å². The van der Waals surface area contributed by atoms with Gasteiger partial charge in [0, 0.05) is 50.8 Å². The summed E-state index contributed by atoms with van der Waals surface area (Å²) in [5.41, 5.74) is 2.69. The Morgan fingerprint density at radius 1 is 1.15 bits per heavy atom. The Kier molecular flexibility index (Phi) is 2.89. The number of likely N-dealkylation sites (N-methyl/N-ethyl adjacent to an activating group) is 1. The maximum absolute atomic E-state index is 6.36. The highest BCUT2D eigenvalue weighted by Crippen LogP contribution is 2.41. The first-order valence-electron chi connectivity index (χ1n) is 7.57. The molecule has 0 saturated carbocycles. The third kappa shape index (κ3) is 2.07. The largest absolute Gasteiger partial charge is 0.485 e. The Hall–Kier alpha value is -1.26. The summed E-state index contributed by atoms with van der Waals surface area (Å²) in [4.78, 5) is 4.76. The van der Waals surface area contributed by atoms with Crippen molar-refractivity contribution in [3.05, 3.63) is 23.8 Å². The van der Waals surface area contributed by atoms with Crippen molar-refractivity contribution in [3.8, 4) is 5.75 Å². The molecule has 1 aromatic carbocycles. The summed E-state index contributed by atoms with van der Waals surface area (Å²) in [6.45, 7) is 5.80. The van der Waals surface area contributed by atoms with Crippen LogP contribution in [0.15, 0.2) is 18.2 Å². The molecule has 4 nitrogen and oxygen atoms in total. The molecule has 4 rings (SSSR count). The first-order chi connectivity index (χ1) is 9.74. The van der Waals surface area contributed by atoms with Crippen LogP contribution >= 0.6 is 0 Å². The van der Waals surface area contributed by atoms with Crippen LogP contribution in [-0.2, 0) is 11.2 Å². The van der Waals surface area contributed by atoms with Crippen LogP contribution in [0, 0.1) is 0 Å². The van der Waals surface area contributed by atoms with Gasteiger partial charge in [0.2, 0.25) is 0 Å². The second kappa shape index (κ2) is 4.64. The molecule has 1 atom stereocenters. The molecule has 0 bridgehead atoms. The van der Waals surface area contributed by atoms with Crippen LogP contribution in [0.25, 0.3) is 0 Å². The average Bonchev–Trinajstić information content (AvgIpc) is 3.01. The molecular formula is C16H22N2O2. The van der Waals surface area contributed by atoms with E-state index in [1.807, 2.05) is 0 Å². The van der Waals surface area contributed by atoms with E-state index in [0.29, 0.717) is 0 Å². The molecule has 2 saturated heterocycles. The van der Waals surface area contributed by atoms with Crippen LogP contribution in [0.4, 0.5) is 5.69 Å². The van der Waals surface area contributed by atoms with Crippen molar-refractivity contribution in [2.24, 2.45) is 0 Å². The van der Waals surface area contributed by atoms with Gasteiger partial charge in [-0.15, -0.1) is 0 Å². The maximum atomic E-state index is 6.36. The highest BCUT2D eigenvalue weighted by Gasteiger charge is 2.44. The van der Waals surface area contributed by atoms with E-state index in [1.165, 1.54) is 11.3 Å². The lowest BCUT2D eigenvalue weighted by Gasteiger charge is -2.29. The summed E-state index contributed by atoms with van der Waals surface area (Å²) in [5, 5.41) is 0. The van der Waals surface area contributed by atoms with Gasteiger partial charge in [-0.3, -0.25) is 0 Å². The molecule has 3 aliphatic rings. The quantitative estimate of drug-likeness (QED) is 0.775. The summed E-state index contributed by atoms with van der Waals surface area (Å²) < 4.78 is 11.8. The number of likely N-dealkylation sites (tertiary alicyclic amines) is 1. The molecule has 2 fully saturated rings. The zero-order valence-electron chi connectivity index (χ0n) is 12.1. The second-order valence-electron chi connectivity index (χ2n) is 6.34. The molecule has 0 N–H and O–H groups in total. The average molecular weight is 274 g/mol. The van der Waals surface area contributed by atoms with E-state index in [1.54, 1.807) is 0 Å². The topological polar surface area (TPSA) is 24.9 Å². The van der Waals surface area contributed by atoms with Crippen molar-refractivity contribution in [1.82, 2.24) is 4.90 Å². The van der Waals surface area contributed by atoms with Crippen LogP contribution in [0.5, 0.6) is 5.75 Å². The van der Waals surface area contributed by atoms with Gasteiger partial charge in [0.05, 0.1) is 13.2 Å². The van der Waals surface area contributed by atoms with Gasteiger partial charge in [0.15, 0.2) is 0 Å². The van der Waals surface area contributed by atoms with E-state index >= 15 is 0 Å². The number of nitrogens with zero attached hydrogens (tertiary/aromatic N) is 2. The van der Waals surface area contributed by atoms with Gasteiger partial charge in [-0.1, -0.05) is 6.07 Å². The van der Waals surface area contributed by atoms with Crippen molar-refractivity contribution < 1.29 is 9.47 Å². The SMILES string of the molecule is CN1CCC2(Cc3ccc(N4CCOCC4)cc3O2)C1. The number of morpholine rings is 1. The van der Waals surface area contributed by atoms with Crippen LogP contribution in [0.3, 0.4) is 0 Å². The van der Waals surface area contributed by atoms with Gasteiger partial charge in [-0.25, -0.2) is 0 Å². The van der Waals surface area contributed by atoms with E-state index in [2.05, 4.69) is 35.0 Å². The molecule has 0 amide bonds. The molecule has 1 unspecified atom stereocenters. The standard InChI is InChI=1S/C16H22N2O2/c1-17-5-4-16(12-17)11-13-2-3-14(10-15(13)20-16)18-6-8-19-9-7-18/h2-3,10H,4-9,11-12H2,1H3. The lowest BCUT2D eigenvalue weighted by atomic mass is 9.96. The third-order valence-electron chi connectivity index (χ3n) is 4.77. The molecule has 3 aliphatic heterocycles. The van der Waals surface area contributed by atoms with Gasteiger partial charge in [0.1, 0.15) is 11.4 Å². The first-order valence-corrected chi connectivity index (χ1v) is 7.57. The Balaban J connectivity index is 1.56. The monoisotopic (exact) mass is 274 g/mol. The molecule has 108 valence electrons.